The van der Waals surface area contributed by atoms with Crippen LogP contribution in [0.2, 0.25) is 0 Å². The molecule has 1 aliphatic carbocycles. The summed E-state index contributed by atoms with van der Waals surface area (Å²) in [6.07, 6.45) is 2.93. The van der Waals surface area contributed by atoms with E-state index in [0.29, 0.717) is 5.92 Å². The molecule has 3 N–H and O–H groups in total. The molecule has 2 unspecified atom stereocenters. The van der Waals surface area contributed by atoms with E-state index in [4.69, 9.17) is 5.73 Å². The second-order valence-corrected chi connectivity index (χ2v) is 6.38. The van der Waals surface area contributed by atoms with Crippen LogP contribution >= 0.6 is 0 Å². The van der Waals surface area contributed by atoms with E-state index < -0.39 is 15.8 Å². The largest absolute Gasteiger partial charge is 0.398 e. The molecule has 100 valence electrons. The number of nitrogens with one attached hydrogen (secondary N) is 1. The van der Waals surface area contributed by atoms with E-state index in [2.05, 4.69) is 11.6 Å². The second-order valence-electron chi connectivity index (χ2n) is 4.69. The van der Waals surface area contributed by atoms with Crippen molar-refractivity contribution >= 4 is 15.7 Å². The van der Waals surface area contributed by atoms with Crippen LogP contribution in [0.15, 0.2) is 23.1 Å². The van der Waals surface area contributed by atoms with Crippen LogP contribution in [0.5, 0.6) is 0 Å². The molecule has 2 atom stereocenters. The van der Waals surface area contributed by atoms with Gasteiger partial charge in [0.1, 0.15) is 10.7 Å². The SMILES string of the molecule is CCCC1CC1NS(=O)(=O)c1ccc(F)cc1N. The number of rotatable bonds is 5. The molecule has 0 bridgehead atoms. The summed E-state index contributed by atoms with van der Waals surface area (Å²) in [4.78, 5) is -0.0500. The summed E-state index contributed by atoms with van der Waals surface area (Å²) >= 11 is 0. The predicted molar refractivity (Wildman–Crippen MR) is 67.9 cm³/mol. The van der Waals surface area contributed by atoms with Crippen molar-refractivity contribution in [2.75, 3.05) is 5.73 Å². The van der Waals surface area contributed by atoms with Gasteiger partial charge in [-0.1, -0.05) is 13.3 Å². The first kappa shape index (κ1) is 13.3. The van der Waals surface area contributed by atoms with E-state index in [9.17, 15) is 12.8 Å². The fourth-order valence-electron chi connectivity index (χ4n) is 2.11. The minimum absolute atomic E-state index is 0.000553. The summed E-state index contributed by atoms with van der Waals surface area (Å²) in [6, 6.07) is 3.32. The summed E-state index contributed by atoms with van der Waals surface area (Å²) in [5.41, 5.74) is 5.48. The zero-order valence-corrected chi connectivity index (χ0v) is 11.0. The smallest absolute Gasteiger partial charge is 0.242 e. The minimum Gasteiger partial charge on any atom is -0.398 e. The molecule has 1 aliphatic rings. The maximum atomic E-state index is 12.9. The molecule has 0 radical (unpaired) electrons. The quantitative estimate of drug-likeness (QED) is 0.804. The van der Waals surface area contributed by atoms with Crippen LogP contribution in [-0.2, 0) is 10.0 Å². The summed E-state index contributed by atoms with van der Waals surface area (Å²) in [6.45, 7) is 2.07. The van der Waals surface area contributed by atoms with Crippen LogP contribution in [0.3, 0.4) is 0 Å². The average molecular weight is 272 g/mol. The van der Waals surface area contributed by atoms with Crippen molar-refractivity contribution in [2.45, 2.75) is 37.1 Å². The van der Waals surface area contributed by atoms with Gasteiger partial charge in [0.05, 0.1) is 5.69 Å². The van der Waals surface area contributed by atoms with Crippen LogP contribution in [0.25, 0.3) is 0 Å². The molecule has 0 aromatic heterocycles. The lowest BCUT2D eigenvalue weighted by Crippen LogP contribution is -2.27. The third-order valence-electron chi connectivity index (χ3n) is 3.15. The minimum atomic E-state index is -3.64. The van der Waals surface area contributed by atoms with E-state index in [1.807, 2.05) is 0 Å². The van der Waals surface area contributed by atoms with Gasteiger partial charge in [0, 0.05) is 6.04 Å². The molecule has 4 nitrogen and oxygen atoms in total. The number of anilines is 1. The first-order valence-electron chi connectivity index (χ1n) is 6.01. The number of hydrogen-bond acceptors (Lipinski definition) is 3. The Kier molecular flexibility index (Phi) is 3.59. The van der Waals surface area contributed by atoms with Gasteiger partial charge in [0.2, 0.25) is 10.0 Å². The van der Waals surface area contributed by atoms with Gasteiger partial charge in [0.15, 0.2) is 0 Å². The van der Waals surface area contributed by atoms with Crippen molar-refractivity contribution < 1.29 is 12.8 Å². The van der Waals surface area contributed by atoms with Crippen molar-refractivity contribution in [3.05, 3.63) is 24.0 Å². The third-order valence-corrected chi connectivity index (χ3v) is 4.71. The van der Waals surface area contributed by atoms with E-state index in [1.54, 1.807) is 0 Å². The fraction of sp³-hybridized carbons (Fsp3) is 0.500. The first-order valence-corrected chi connectivity index (χ1v) is 7.49. The third kappa shape index (κ3) is 2.81. The van der Waals surface area contributed by atoms with Crippen molar-refractivity contribution in [3.8, 4) is 0 Å². The number of nitrogens with two attached hydrogens (primary N) is 1. The van der Waals surface area contributed by atoms with E-state index in [1.165, 1.54) is 6.07 Å². The average Bonchev–Trinajstić information content (AvgIpc) is 2.95. The predicted octanol–water partition coefficient (Wildman–Crippen LogP) is 1.87. The molecule has 18 heavy (non-hydrogen) atoms. The highest BCUT2D eigenvalue weighted by molar-refractivity contribution is 7.89. The van der Waals surface area contributed by atoms with Gasteiger partial charge in [-0.05, 0) is 37.0 Å². The molecule has 0 spiro atoms. The molecule has 0 amide bonds. The summed E-state index contributed by atoms with van der Waals surface area (Å²) < 4.78 is 39.6. The highest BCUT2D eigenvalue weighted by Crippen LogP contribution is 2.36. The van der Waals surface area contributed by atoms with Gasteiger partial charge in [-0.15, -0.1) is 0 Å². The van der Waals surface area contributed by atoms with E-state index >= 15 is 0 Å². The molecule has 1 aromatic rings. The highest BCUT2D eigenvalue weighted by atomic mass is 32.2. The topological polar surface area (TPSA) is 72.2 Å². The van der Waals surface area contributed by atoms with Crippen LogP contribution in [0.1, 0.15) is 26.2 Å². The molecule has 0 saturated heterocycles. The number of nitrogen functional groups attached to an aromatic ring is 1. The molecule has 1 aromatic carbocycles. The maximum Gasteiger partial charge on any atom is 0.242 e. The molecule has 1 saturated carbocycles. The molecule has 2 rings (SSSR count). The van der Waals surface area contributed by atoms with Gasteiger partial charge in [-0.3, -0.25) is 0 Å². The van der Waals surface area contributed by atoms with Crippen molar-refractivity contribution in [1.29, 1.82) is 0 Å². The zero-order chi connectivity index (χ0) is 13.3. The Morgan fingerprint density at radius 1 is 1.50 bits per heavy atom. The Bertz CT molecular complexity index is 545. The molecule has 0 heterocycles. The van der Waals surface area contributed by atoms with Gasteiger partial charge in [-0.2, -0.15) is 0 Å². The molecule has 1 fully saturated rings. The summed E-state index contributed by atoms with van der Waals surface area (Å²) in [5.74, 6) is -0.117. The Hall–Kier alpha value is -1.14. The number of benzene rings is 1. The normalized spacial score (nSPS) is 23.0. The summed E-state index contributed by atoms with van der Waals surface area (Å²) in [7, 11) is -3.64. The number of hydrogen-bond donors (Lipinski definition) is 2. The molecule has 0 aliphatic heterocycles. The maximum absolute atomic E-state index is 12.9. The van der Waals surface area contributed by atoms with Gasteiger partial charge < -0.3 is 5.73 Å². The Morgan fingerprint density at radius 3 is 2.83 bits per heavy atom. The van der Waals surface area contributed by atoms with Crippen LogP contribution in [-0.4, -0.2) is 14.5 Å². The highest BCUT2D eigenvalue weighted by Gasteiger charge is 2.39. The molecule has 6 heteroatoms. The molecular formula is C12H17FN2O2S. The zero-order valence-electron chi connectivity index (χ0n) is 10.2. The van der Waals surface area contributed by atoms with Crippen LogP contribution < -0.4 is 10.5 Å². The lowest BCUT2D eigenvalue weighted by Gasteiger charge is -2.08. The summed E-state index contributed by atoms with van der Waals surface area (Å²) in [5, 5.41) is 0. The lowest BCUT2D eigenvalue weighted by molar-refractivity contribution is 0.573. The monoisotopic (exact) mass is 272 g/mol. The number of sulfonamides is 1. The van der Waals surface area contributed by atoms with Crippen LogP contribution in [0.4, 0.5) is 10.1 Å². The number of halogens is 1. The first-order chi connectivity index (χ1) is 8.44. The van der Waals surface area contributed by atoms with Crippen molar-refractivity contribution in [2.24, 2.45) is 5.92 Å². The van der Waals surface area contributed by atoms with Gasteiger partial charge in [-0.25, -0.2) is 17.5 Å². The Labute approximate surface area is 106 Å². The standard InChI is InChI=1S/C12H17FN2O2S/c1-2-3-8-6-11(8)15-18(16,17)12-5-4-9(13)7-10(12)14/h4-5,7-8,11,15H,2-3,6,14H2,1H3. The van der Waals surface area contributed by atoms with E-state index in [0.717, 1.165) is 31.4 Å². The fourth-order valence-corrected chi connectivity index (χ4v) is 3.54. The molecular weight excluding hydrogens is 255 g/mol. The Morgan fingerprint density at radius 2 is 2.22 bits per heavy atom. The van der Waals surface area contributed by atoms with Crippen LogP contribution in [0, 0.1) is 11.7 Å². The van der Waals surface area contributed by atoms with Gasteiger partial charge >= 0.3 is 0 Å². The van der Waals surface area contributed by atoms with E-state index in [-0.39, 0.29) is 16.6 Å². The Balaban J connectivity index is 2.12. The second kappa shape index (κ2) is 4.85. The van der Waals surface area contributed by atoms with Crippen molar-refractivity contribution in [3.63, 3.8) is 0 Å². The lowest BCUT2D eigenvalue weighted by atomic mass is 10.2. The van der Waals surface area contributed by atoms with Gasteiger partial charge in [0.25, 0.3) is 0 Å². The van der Waals surface area contributed by atoms with Crippen molar-refractivity contribution in [1.82, 2.24) is 4.72 Å².